The molecule has 1 aromatic rings. The van der Waals surface area contributed by atoms with E-state index in [1.807, 2.05) is 0 Å². The molecule has 3 rings (SSSR count). The minimum absolute atomic E-state index is 0. The van der Waals surface area contributed by atoms with Crippen molar-refractivity contribution in [1.82, 2.24) is 10.6 Å². The summed E-state index contributed by atoms with van der Waals surface area (Å²) in [6.07, 6.45) is 3.47. The van der Waals surface area contributed by atoms with Gasteiger partial charge in [0, 0.05) is 24.4 Å². The predicted molar refractivity (Wildman–Crippen MR) is 99.2 cm³/mol. The lowest BCUT2D eigenvalue weighted by Crippen LogP contribution is -2.28. The van der Waals surface area contributed by atoms with E-state index >= 15 is 0 Å². The molecule has 0 aliphatic carbocycles. The number of hydrogen-bond acceptors (Lipinski definition) is 4. The number of nitrogens with one attached hydrogen (secondary N) is 3. The standard InChI is InChI=1S/C18H25N3O3.ClH/c22-17(20-9-7-13-6-8-19-12-13)14-3-1-4-15(11-14)21-18(23)16-5-2-10-24-16;/h1,3-4,11,13,16,19H,2,5-10,12H2,(H,20,22)(H,21,23);1H. The highest BCUT2D eigenvalue weighted by Crippen LogP contribution is 2.16. The summed E-state index contributed by atoms with van der Waals surface area (Å²) in [7, 11) is 0. The van der Waals surface area contributed by atoms with Gasteiger partial charge >= 0.3 is 0 Å². The highest BCUT2D eigenvalue weighted by atomic mass is 35.5. The SMILES string of the molecule is Cl.O=C(NCCC1CCNC1)c1cccc(NC(=O)C2CCCO2)c1. The third kappa shape index (κ3) is 5.70. The van der Waals surface area contributed by atoms with Gasteiger partial charge in [-0.15, -0.1) is 12.4 Å². The van der Waals surface area contributed by atoms with Gasteiger partial charge in [0.2, 0.25) is 0 Å². The van der Waals surface area contributed by atoms with Crippen LogP contribution >= 0.6 is 12.4 Å². The van der Waals surface area contributed by atoms with Gasteiger partial charge < -0.3 is 20.7 Å². The lowest BCUT2D eigenvalue weighted by Gasteiger charge is -2.12. The number of amides is 2. The molecule has 0 radical (unpaired) electrons. The van der Waals surface area contributed by atoms with E-state index in [9.17, 15) is 9.59 Å². The topological polar surface area (TPSA) is 79.5 Å². The summed E-state index contributed by atoms with van der Waals surface area (Å²) in [6, 6.07) is 7.03. The molecule has 2 atom stereocenters. The number of carbonyl (C=O) groups is 2. The number of carbonyl (C=O) groups excluding carboxylic acids is 2. The second kappa shape index (κ2) is 9.75. The molecule has 25 heavy (non-hydrogen) atoms. The van der Waals surface area contributed by atoms with Crippen molar-refractivity contribution in [3.05, 3.63) is 29.8 Å². The lowest BCUT2D eigenvalue weighted by atomic mass is 10.1. The Bertz CT molecular complexity index is 585. The Balaban J connectivity index is 0.00000225. The van der Waals surface area contributed by atoms with Gasteiger partial charge in [-0.25, -0.2) is 0 Å². The molecule has 2 aliphatic rings. The van der Waals surface area contributed by atoms with Crippen molar-refractivity contribution in [3.63, 3.8) is 0 Å². The number of anilines is 1. The molecular formula is C18H26ClN3O3. The van der Waals surface area contributed by atoms with Crippen LogP contribution in [0.25, 0.3) is 0 Å². The Hall–Kier alpha value is -1.63. The molecule has 0 aromatic heterocycles. The van der Waals surface area contributed by atoms with E-state index in [1.165, 1.54) is 6.42 Å². The van der Waals surface area contributed by atoms with Crippen LogP contribution < -0.4 is 16.0 Å². The molecular weight excluding hydrogens is 342 g/mol. The highest BCUT2D eigenvalue weighted by molar-refractivity contribution is 5.98. The molecule has 2 amide bonds. The van der Waals surface area contributed by atoms with Gasteiger partial charge in [-0.3, -0.25) is 9.59 Å². The van der Waals surface area contributed by atoms with Crippen LogP contribution in [-0.4, -0.2) is 44.2 Å². The molecule has 1 aromatic carbocycles. The van der Waals surface area contributed by atoms with Crippen molar-refractivity contribution >= 4 is 29.9 Å². The first-order valence-electron chi connectivity index (χ1n) is 8.74. The molecule has 6 nitrogen and oxygen atoms in total. The van der Waals surface area contributed by atoms with Gasteiger partial charge in [-0.2, -0.15) is 0 Å². The molecule has 3 N–H and O–H groups in total. The van der Waals surface area contributed by atoms with Gasteiger partial charge in [0.15, 0.2) is 0 Å². The van der Waals surface area contributed by atoms with Gasteiger partial charge in [0.25, 0.3) is 11.8 Å². The molecule has 2 fully saturated rings. The molecule has 0 saturated carbocycles. The Morgan fingerprint density at radius 2 is 2.16 bits per heavy atom. The first-order chi connectivity index (χ1) is 11.7. The lowest BCUT2D eigenvalue weighted by molar-refractivity contribution is -0.124. The zero-order valence-corrected chi connectivity index (χ0v) is 15.1. The van der Waals surface area contributed by atoms with Crippen molar-refractivity contribution in [2.45, 2.75) is 31.8 Å². The van der Waals surface area contributed by atoms with Crippen LogP contribution in [0.5, 0.6) is 0 Å². The second-order valence-electron chi connectivity index (χ2n) is 6.48. The maximum atomic E-state index is 12.2. The van der Waals surface area contributed by atoms with Crippen LogP contribution in [0.3, 0.4) is 0 Å². The molecule has 138 valence electrons. The third-order valence-electron chi connectivity index (χ3n) is 4.61. The molecule has 2 heterocycles. The zero-order chi connectivity index (χ0) is 16.8. The fraction of sp³-hybridized carbons (Fsp3) is 0.556. The number of rotatable bonds is 6. The number of hydrogen-bond donors (Lipinski definition) is 3. The van der Waals surface area contributed by atoms with E-state index in [0.29, 0.717) is 30.3 Å². The van der Waals surface area contributed by atoms with Crippen LogP contribution in [-0.2, 0) is 9.53 Å². The molecule has 7 heteroatoms. The van der Waals surface area contributed by atoms with E-state index < -0.39 is 0 Å². The molecule has 2 aliphatic heterocycles. The van der Waals surface area contributed by atoms with E-state index in [0.717, 1.165) is 32.4 Å². The smallest absolute Gasteiger partial charge is 0.253 e. The van der Waals surface area contributed by atoms with Gasteiger partial charge in [0.1, 0.15) is 6.10 Å². The van der Waals surface area contributed by atoms with Crippen molar-refractivity contribution in [2.75, 3.05) is 31.6 Å². The molecule has 0 bridgehead atoms. The van der Waals surface area contributed by atoms with E-state index in [4.69, 9.17) is 4.74 Å². The van der Waals surface area contributed by atoms with E-state index in [-0.39, 0.29) is 30.3 Å². The monoisotopic (exact) mass is 367 g/mol. The molecule has 2 unspecified atom stereocenters. The summed E-state index contributed by atoms with van der Waals surface area (Å²) < 4.78 is 5.37. The third-order valence-corrected chi connectivity index (χ3v) is 4.61. The minimum Gasteiger partial charge on any atom is -0.368 e. The van der Waals surface area contributed by atoms with Crippen LogP contribution in [0.2, 0.25) is 0 Å². The maximum Gasteiger partial charge on any atom is 0.253 e. The van der Waals surface area contributed by atoms with Crippen molar-refractivity contribution in [1.29, 1.82) is 0 Å². The normalized spacial score (nSPS) is 22.2. The zero-order valence-electron chi connectivity index (χ0n) is 14.3. The Morgan fingerprint density at radius 1 is 1.28 bits per heavy atom. The average Bonchev–Trinajstić information content (AvgIpc) is 3.29. The fourth-order valence-electron chi connectivity index (χ4n) is 3.20. The summed E-state index contributed by atoms with van der Waals surface area (Å²) in [5.74, 6) is 0.412. The van der Waals surface area contributed by atoms with Crippen molar-refractivity contribution in [3.8, 4) is 0 Å². The van der Waals surface area contributed by atoms with Crippen LogP contribution in [0, 0.1) is 5.92 Å². The number of ether oxygens (including phenoxy) is 1. The number of halogens is 1. The average molecular weight is 368 g/mol. The summed E-state index contributed by atoms with van der Waals surface area (Å²) in [6.45, 7) is 3.43. The van der Waals surface area contributed by atoms with Gasteiger partial charge in [-0.1, -0.05) is 6.07 Å². The Labute approximate surface area is 154 Å². The quantitative estimate of drug-likeness (QED) is 0.718. The summed E-state index contributed by atoms with van der Waals surface area (Å²) in [5, 5.41) is 9.11. The predicted octanol–water partition coefficient (Wildman–Crippen LogP) is 1.96. The van der Waals surface area contributed by atoms with E-state index in [2.05, 4.69) is 16.0 Å². The highest BCUT2D eigenvalue weighted by Gasteiger charge is 2.23. The van der Waals surface area contributed by atoms with E-state index in [1.54, 1.807) is 24.3 Å². The van der Waals surface area contributed by atoms with Crippen molar-refractivity contribution < 1.29 is 14.3 Å². The van der Waals surface area contributed by atoms with Crippen LogP contribution in [0.4, 0.5) is 5.69 Å². The first kappa shape index (κ1) is 19.7. The summed E-state index contributed by atoms with van der Waals surface area (Å²) in [5.41, 5.74) is 1.19. The van der Waals surface area contributed by atoms with Gasteiger partial charge in [-0.05, 0) is 62.9 Å². The minimum atomic E-state index is -0.373. The van der Waals surface area contributed by atoms with Gasteiger partial charge in [0.05, 0.1) is 0 Å². The number of benzene rings is 1. The first-order valence-corrected chi connectivity index (χ1v) is 8.74. The summed E-state index contributed by atoms with van der Waals surface area (Å²) in [4.78, 5) is 24.3. The maximum absolute atomic E-state index is 12.2. The second-order valence-corrected chi connectivity index (χ2v) is 6.48. The van der Waals surface area contributed by atoms with Crippen LogP contribution in [0.15, 0.2) is 24.3 Å². The van der Waals surface area contributed by atoms with Crippen LogP contribution in [0.1, 0.15) is 36.0 Å². The summed E-state index contributed by atoms with van der Waals surface area (Å²) >= 11 is 0. The van der Waals surface area contributed by atoms with Crippen molar-refractivity contribution in [2.24, 2.45) is 5.92 Å². The molecule has 0 spiro atoms. The Kier molecular flexibility index (Phi) is 7.68. The largest absolute Gasteiger partial charge is 0.368 e. The molecule has 2 saturated heterocycles. The Morgan fingerprint density at radius 3 is 2.88 bits per heavy atom. The fourth-order valence-corrected chi connectivity index (χ4v) is 3.20.